The first-order valence-electron chi connectivity index (χ1n) is 3.57. The molecule has 8 heteroatoms. The molecule has 0 saturated carbocycles. The summed E-state index contributed by atoms with van der Waals surface area (Å²) in [6, 6.07) is 2.55. The van der Waals surface area contributed by atoms with Crippen molar-refractivity contribution in [2.75, 3.05) is 0 Å². The van der Waals surface area contributed by atoms with Crippen LogP contribution >= 0.6 is 0 Å². The van der Waals surface area contributed by atoms with Crippen molar-refractivity contribution < 1.29 is 22.7 Å². The molecule has 0 saturated heterocycles. The maximum absolute atomic E-state index is 10.8. The third-order valence-electron chi connectivity index (χ3n) is 1.61. The topological polar surface area (TPSA) is 115 Å². The van der Waals surface area contributed by atoms with Gasteiger partial charge in [-0.25, -0.2) is 0 Å². The van der Waals surface area contributed by atoms with E-state index >= 15 is 0 Å². The Hall–Kier alpha value is -1.80. The Morgan fingerprint density at radius 2 is 2.00 bits per heavy atom. The summed E-state index contributed by atoms with van der Waals surface area (Å²) in [5.41, 5.74) is -0.851. The fourth-order valence-corrected chi connectivity index (χ4v) is 1.64. The summed E-state index contributed by atoms with van der Waals surface area (Å²) in [6.07, 6.45) is 0.187. The van der Waals surface area contributed by atoms with Gasteiger partial charge in [0.25, 0.3) is 15.8 Å². The predicted molar refractivity (Wildman–Crippen MR) is 48.3 cm³/mol. The van der Waals surface area contributed by atoms with Crippen LogP contribution in [0, 0.1) is 10.1 Å². The molecule has 0 aromatic heterocycles. The number of nitrogens with zero attached hydrogens (tertiary/aromatic N) is 1. The number of hydrogen-bond acceptors (Lipinski definition) is 5. The molecule has 0 atom stereocenters. The number of non-ortho nitro benzene ring substituents is 1. The van der Waals surface area contributed by atoms with Crippen molar-refractivity contribution in [3.63, 3.8) is 0 Å². The van der Waals surface area contributed by atoms with Crippen molar-refractivity contribution in [1.82, 2.24) is 0 Å². The molecule has 1 N–H and O–H groups in total. The zero-order chi connectivity index (χ0) is 11.6. The van der Waals surface area contributed by atoms with Crippen LogP contribution in [-0.2, 0) is 10.1 Å². The fourth-order valence-electron chi connectivity index (χ4n) is 0.957. The molecule has 0 aliphatic rings. The molecule has 0 radical (unpaired) electrons. The maximum atomic E-state index is 10.8. The van der Waals surface area contributed by atoms with Gasteiger partial charge in [-0.05, 0) is 6.07 Å². The highest BCUT2D eigenvalue weighted by atomic mass is 32.2. The first-order valence-corrected chi connectivity index (χ1v) is 5.01. The molecule has 0 aliphatic heterocycles. The second-order valence-electron chi connectivity index (χ2n) is 2.57. The number of nitro groups is 1. The van der Waals surface area contributed by atoms with Gasteiger partial charge >= 0.3 is 0 Å². The second kappa shape index (κ2) is 3.75. The number of aldehydes is 1. The minimum absolute atomic E-state index is 0.187. The minimum atomic E-state index is -4.64. The predicted octanol–water partition coefficient (Wildman–Crippen LogP) is 0.654. The Morgan fingerprint density at radius 3 is 2.40 bits per heavy atom. The van der Waals surface area contributed by atoms with Crippen molar-refractivity contribution in [1.29, 1.82) is 0 Å². The lowest BCUT2D eigenvalue weighted by Crippen LogP contribution is -2.03. The van der Waals surface area contributed by atoms with Crippen molar-refractivity contribution in [2.45, 2.75) is 4.90 Å². The number of benzene rings is 1. The Balaban J connectivity index is 3.52. The Morgan fingerprint density at radius 1 is 1.40 bits per heavy atom. The molecule has 1 rings (SSSR count). The highest BCUT2D eigenvalue weighted by Gasteiger charge is 2.19. The number of hydrogen-bond donors (Lipinski definition) is 1. The van der Waals surface area contributed by atoms with E-state index in [-0.39, 0.29) is 11.8 Å². The molecule has 0 unspecified atom stereocenters. The van der Waals surface area contributed by atoms with Gasteiger partial charge in [0.15, 0.2) is 6.29 Å². The molecule has 1 aromatic carbocycles. The molecule has 0 aliphatic carbocycles. The van der Waals surface area contributed by atoms with Crippen LogP contribution in [0.25, 0.3) is 0 Å². The van der Waals surface area contributed by atoms with Crippen LogP contribution in [0.2, 0.25) is 0 Å². The van der Waals surface area contributed by atoms with E-state index in [1.165, 1.54) is 0 Å². The van der Waals surface area contributed by atoms with E-state index in [0.29, 0.717) is 6.07 Å². The van der Waals surface area contributed by atoms with Crippen LogP contribution in [0.5, 0.6) is 0 Å². The number of carbonyl (C=O) groups excluding carboxylic acids is 1. The SMILES string of the molecule is O=Cc1ccc([N+](=O)[O-])cc1S(=O)(=O)O. The summed E-state index contributed by atoms with van der Waals surface area (Å²) >= 11 is 0. The van der Waals surface area contributed by atoms with Crippen LogP contribution in [0.1, 0.15) is 10.4 Å². The third kappa shape index (κ3) is 2.36. The largest absolute Gasteiger partial charge is 0.298 e. The molecule has 15 heavy (non-hydrogen) atoms. The van der Waals surface area contributed by atoms with Gasteiger partial charge in [-0.15, -0.1) is 0 Å². The summed E-state index contributed by atoms with van der Waals surface area (Å²) in [6.45, 7) is 0. The lowest BCUT2D eigenvalue weighted by Gasteiger charge is -2.00. The monoisotopic (exact) mass is 231 g/mol. The fraction of sp³-hybridized carbons (Fsp3) is 0. The molecule has 80 valence electrons. The standard InChI is InChI=1S/C7H5NO6S/c9-4-5-1-2-6(8(10)11)3-7(5)15(12,13)14/h1-4H,(H,12,13,14). The number of carbonyl (C=O) groups is 1. The Labute approximate surface area is 84.2 Å². The molecule has 0 spiro atoms. The lowest BCUT2D eigenvalue weighted by atomic mass is 10.2. The van der Waals surface area contributed by atoms with Gasteiger partial charge in [0, 0.05) is 17.7 Å². The molecular weight excluding hydrogens is 226 g/mol. The zero-order valence-corrected chi connectivity index (χ0v) is 7.97. The summed E-state index contributed by atoms with van der Waals surface area (Å²) in [5.74, 6) is 0. The smallest absolute Gasteiger partial charge is 0.295 e. The lowest BCUT2D eigenvalue weighted by molar-refractivity contribution is -0.385. The van der Waals surface area contributed by atoms with E-state index in [9.17, 15) is 23.3 Å². The van der Waals surface area contributed by atoms with E-state index in [2.05, 4.69) is 0 Å². The Kier molecular flexibility index (Phi) is 2.82. The van der Waals surface area contributed by atoms with Crippen molar-refractivity contribution in [3.05, 3.63) is 33.9 Å². The zero-order valence-electron chi connectivity index (χ0n) is 7.15. The van der Waals surface area contributed by atoms with Crippen LogP contribution in [0.3, 0.4) is 0 Å². The van der Waals surface area contributed by atoms with Crippen LogP contribution in [0.4, 0.5) is 5.69 Å². The van der Waals surface area contributed by atoms with E-state index < -0.39 is 25.6 Å². The van der Waals surface area contributed by atoms with Gasteiger partial charge in [0.2, 0.25) is 0 Å². The van der Waals surface area contributed by atoms with E-state index in [4.69, 9.17) is 4.55 Å². The highest BCUT2D eigenvalue weighted by molar-refractivity contribution is 7.86. The molecule has 1 aromatic rings. The molecule has 0 bridgehead atoms. The first kappa shape index (κ1) is 11.3. The van der Waals surface area contributed by atoms with Crippen molar-refractivity contribution in [3.8, 4) is 0 Å². The summed E-state index contributed by atoms with van der Waals surface area (Å²) in [5, 5.41) is 10.3. The third-order valence-corrected chi connectivity index (χ3v) is 2.52. The van der Waals surface area contributed by atoms with Gasteiger partial charge in [-0.2, -0.15) is 8.42 Å². The Bertz CT molecular complexity index is 520. The normalized spacial score (nSPS) is 11.0. The second-order valence-corrected chi connectivity index (χ2v) is 3.96. The van der Waals surface area contributed by atoms with Crippen molar-refractivity contribution in [2.24, 2.45) is 0 Å². The molecule has 0 heterocycles. The van der Waals surface area contributed by atoms with Gasteiger partial charge in [0.1, 0.15) is 4.90 Å². The quantitative estimate of drug-likeness (QED) is 0.353. The van der Waals surface area contributed by atoms with Gasteiger partial charge in [0.05, 0.1) is 4.92 Å². The maximum Gasteiger partial charge on any atom is 0.295 e. The van der Waals surface area contributed by atoms with E-state index in [0.717, 1.165) is 12.1 Å². The van der Waals surface area contributed by atoms with Crippen molar-refractivity contribution >= 4 is 22.1 Å². The van der Waals surface area contributed by atoms with Crippen LogP contribution in [0.15, 0.2) is 23.1 Å². The number of rotatable bonds is 3. The summed E-state index contributed by atoms with van der Waals surface area (Å²) < 4.78 is 30.2. The average molecular weight is 231 g/mol. The molecule has 0 fully saturated rings. The first-order chi connectivity index (χ1) is 6.86. The highest BCUT2D eigenvalue weighted by Crippen LogP contribution is 2.20. The van der Waals surface area contributed by atoms with Gasteiger partial charge in [-0.1, -0.05) is 0 Å². The molecule has 7 nitrogen and oxygen atoms in total. The van der Waals surface area contributed by atoms with Gasteiger partial charge < -0.3 is 0 Å². The molecule has 0 amide bonds. The average Bonchev–Trinajstić information content (AvgIpc) is 2.15. The van der Waals surface area contributed by atoms with Crippen LogP contribution in [-0.4, -0.2) is 24.2 Å². The van der Waals surface area contributed by atoms with E-state index in [1.807, 2.05) is 0 Å². The van der Waals surface area contributed by atoms with E-state index in [1.54, 1.807) is 0 Å². The number of nitro benzene ring substituents is 1. The molecular formula is C7H5NO6S. The summed E-state index contributed by atoms with van der Waals surface area (Å²) in [7, 11) is -4.64. The summed E-state index contributed by atoms with van der Waals surface area (Å²) in [4.78, 5) is 19.1. The van der Waals surface area contributed by atoms with Gasteiger partial charge in [-0.3, -0.25) is 19.5 Å². The minimum Gasteiger partial charge on any atom is -0.298 e. The van der Waals surface area contributed by atoms with Crippen LogP contribution < -0.4 is 0 Å².